The Morgan fingerprint density at radius 2 is 1.59 bits per heavy atom. The number of hydrogen-bond donors (Lipinski definition) is 0. The third-order valence-electron chi connectivity index (χ3n) is 4.33. The molecular weight excluding hydrogens is 456 g/mol. The Balaban J connectivity index is 1.91. The molecule has 0 saturated heterocycles. The van der Waals surface area contributed by atoms with E-state index in [2.05, 4.69) is 15.9 Å². The highest BCUT2D eigenvalue weighted by Crippen LogP contribution is 2.44. The lowest BCUT2D eigenvalue weighted by Gasteiger charge is -2.18. The van der Waals surface area contributed by atoms with E-state index < -0.39 is 10.1 Å². The maximum Gasteiger partial charge on any atom is 0.339 e. The van der Waals surface area contributed by atoms with E-state index in [0.29, 0.717) is 28.1 Å². The maximum absolute atomic E-state index is 12.7. The van der Waals surface area contributed by atoms with E-state index in [1.54, 1.807) is 25.1 Å². The van der Waals surface area contributed by atoms with Crippen LogP contribution in [0.3, 0.4) is 0 Å². The quantitative estimate of drug-likeness (QED) is 0.426. The number of halogens is 1. The summed E-state index contributed by atoms with van der Waals surface area (Å²) in [6.07, 6.45) is 0. The van der Waals surface area contributed by atoms with Crippen LogP contribution < -0.4 is 13.7 Å². The fourth-order valence-corrected chi connectivity index (χ4v) is 4.22. The molecule has 5 nitrogen and oxygen atoms in total. The average molecular weight is 477 g/mol. The first kappa shape index (κ1) is 21.2. The molecule has 0 N–H and O–H groups in total. The number of methoxy groups -OCH3 is 1. The molecule has 0 aliphatic rings. The Kier molecular flexibility index (Phi) is 6.49. The lowest BCUT2D eigenvalue weighted by molar-refractivity contribution is 0.281. The van der Waals surface area contributed by atoms with Crippen molar-refractivity contribution in [3.63, 3.8) is 0 Å². The molecule has 0 radical (unpaired) electrons. The molecule has 152 valence electrons. The first-order chi connectivity index (χ1) is 13.8. The second kappa shape index (κ2) is 8.88. The number of hydrogen-bond acceptors (Lipinski definition) is 5. The van der Waals surface area contributed by atoms with Gasteiger partial charge in [0, 0.05) is 11.6 Å². The summed E-state index contributed by atoms with van der Waals surface area (Å²) in [7, 11) is -2.48. The van der Waals surface area contributed by atoms with Crippen molar-refractivity contribution < 1.29 is 22.1 Å². The first-order valence-corrected chi connectivity index (χ1v) is 11.1. The van der Waals surface area contributed by atoms with Gasteiger partial charge in [0.1, 0.15) is 11.5 Å². The van der Waals surface area contributed by atoms with Crippen LogP contribution in [-0.2, 0) is 16.7 Å². The molecule has 7 heteroatoms. The highest BCUT2D eigenvalue weighted by Gasteiger charge is 2.23. The zero-order chi connectivity index (χ0) is 21.0. The molecule has 0 unspecified atom stereocenters. The molecule has 0 spiro atoms. The van der Waals surface area contributed by atoms with Gasteiger partial charge in [0.15, 0.2) is 17.2 Å². The zero-order valence-corrected chi connectivity index (χ0v) is 18.7. The largest absolute Gasteiger partial charge is 0.492 e. The van der Waals surface area contributed by atoms with Gasteiger partial charge in [-0.1, -0.05) is 48.0 Å². The minimum atomic E-state index is -3.98. The summed E-state index contributed by atoms with van der Waals surface area (Å²) in [6, 6.07) is 17.8. The van der Waals surface area contributed by atoms with Crippen molar-refractivity contribution >= 4 is 26.0 Å². The molecule has 0 bridgehead atoms. The summed E-state index contributed by atoms with van der Waals surface area (Å²) in [5.41, 5.74) is 2.49. The topological polar surface area (TPSA) is 61.8 Å². The van der Waals surface area contributed by atoms with Crippen LogP contribution >= 0.6 is 15.9 Å². The summed E-state index contributed by atoms with van der Waals surface area (Å²) in [5.74, 6) is 1.06. The van der Waals surface area contributed by atoms with Gasteiger partial charge in [0.25, 0.3) is 0 Å². The highest BCUT2D eigenvalue weighted by molar-refractivity contribution is 9.10. The lowest BCUT2D eigenvalue weighted by Crippen LogP contribution is -2.11. The molecule has 0 atom stereocenters. The Labute approximate surface area is 179 Å². The van der Waals surface area contributed by atoms with Crippen LogP contribution in [-0.4, -0.2) is 15.5 Å². The molecule has 0 saturated carbocycles. The van der Waals surface area contributed by atoms with Crippen LogP contribution in [0.25, 0.3) is 0 Å². The van der Waals surface area contributed by atoms with E-state index in [1.165, 1.54) is 19.2 Å². The lowest BCUT2D eigenvalue weighted by atomic mass is 10.2. The maximum atomic E-state index is 12.7. The van der Waals surface area contributed by atoms with Crippen LogP contribution in [0.2, 0.25) is 0 Å². The van der Waals surface area contributed by atoms with Gasteiger partial charge in [0.2, 0.25) is 0 Å². The van der Waals surface area contributed by atoms with Gasteiger partial charge < -0.3 is 13.7 Å². The summed E-state index contributed by atoms with van der Waals surface area (Å²) < 4.78 is 42.7. The summed E-state index contributed by atoms with van der Waals surface area (Å²) in [6.45, 7) is 3.95. The van der Waals surface area contributed by atoms with Crippen LogP contribution in [0.5, 0.6) is 17.2 Å². The molecule has 3 aromatic carbocycles. The van der Waals surface area contributed by atoms with E-state index in [9.17, 15) is 8.42 Å². The molecule has 0 aliphatic carbocycles. The van der Waals surface area contributed by atoms with Gasteiger partial charge >= 0.3 is 10.1 Å². The predicted molar refractivity (Wildman–Crippen MR) is 115 cm³/mol. The monoisotopic (exact) mass is 476 g/mol. The van der Waals surface area contributed by atoms with Crippen molar-refractivity contribution in [1.82, 2.24) is 0 Å². The van der Waals surface area contributed by atoms with E-state index in [-0.39, 0.29) is 10.6 Å². The average Bonchev–Trinajstić information content (AvgIpc) is 2.70. The van der Waals surface area contributed by atoms with Gasteiger partial charge in [-0.2, -0.15) is 8.42 Å². The van der Waals surface area contributed by atoms with Crippen molar-refractivity contribution in [3.05, 3.63) is 81.8 Å². The number of ether oxygens (including phenoxy) is 2. The molecule has 0 fully saturated rings. The normalized spacial score (nSPS) is 11.2. The third-order valence-corrected chi connectivity index (χ3v) is 6.17. The van der Waals surface area contributed by atoms with E-state index >= 15 is 0 Å². The highest BCUT2D eigenvalue weighted by atomic mass is 79.9. The third kappa shape index (κ3) is 4.92. The summed E-state index contributed by atoms with van der Waals surface area (Å²) in [5, 5.41) is 0. The zero-order valence-electron chi connectivity index (χ0n) is 16.3. The van der Waals surface area contributed by atoms with Crippen molar-refractivity contribution in [1.29, 1.82) is 0 Å². The van der Waals surface area contributed by atoms with Crippen LogP contribution in [0.1, 0.15) is 16.7 Å². The molecule has 29 heavy (non-hydrogen) atoms. The Hall–Kier alpha value is -2.51. The number of rotatable bonds is 7. The minimum Gasteiger partial charge on any atom is -0.492 e. The van der Waals surface area contributed by atoms with Gasteiger partial charge in [-0.3, -0.25) is 0 Å². The van der Waals surface area contributed by atoms with Crippen LogP contribution in [0, 0.1) is 13.8 Å². The Bertz CT molecular complexity index is 1090. The number of aryl methyl sites for hydroxylation is 1. The van der Waals surface area contributed by atoms with Crippen molar-refractivity contribution in [2.45, 2.75) is 25.3 Å². The predicted octanol–water partition coefficient (Wildman–Crippen LogP) is 5.42. The second-order valence-electron chi connectivity index (χ2n) is 6.47. The van der Waals surface area contributed by atoms with E-state index in [4.69, 9.17) is 13.7 Å². The van der Waals surface area contributed by atoms with Crippen molar-refractivity contribution in [2.24, 2.45) is 0 Å². The minimum absolute atomic E-state index is 0.0852. The van der Waals surface area contributed by atoms with Crippen molar-refractivity contribution in [3.8, 4) is 17.2 Å². The molecule has 3 rings (SSSR count). The molecular formula is C22H21BrO5S. The van der Waals surface area contributed by atoms with E-state index in [0.717, 1.165) is 11.1 Å². The fourth-order valence-electron chi connectivity index (χ4n) is 2.75. The van der Waals surface area contributed by atoms with Gasteiger partial charge in [-0.25, -0.2) is 0 Å². The molecule has 0 aromatic heterocycles. The van der Waals surface area contributed by atoms with E-state index in [1.807, 2.05) is 37.3 Å². The van der Waals surface area contributed by atoms with Gasteiger partial charge in [-0.15, -0.1) is 0 Å². The standard InChI is InChI=1S/C22H21BrO5S/c1-15-9-11-18(12-10-15)29(24,25)28-20-13-19(23)22(21(26-3)16(20)2)27-14-17-7-5-4-6-8-17/h4-13H,14H2,1-3H3. The number of benzene rings is 3. The second-order valence-corrected chi connectivity index (χ2v) is 8.87. The SMILES string of the molecule is COc1c(C)c(OS(=O)(=O)c2ccc(C)cc2)cc(Br)c1OCc1ccccc1. The van der Waals surface area contributed by atoms with Gasteiger partial charge in [0.05, 0.1) is 11.6 Å². The van der Waals surface area contributed by atoms with Crippen molar-refractivity contribution in [2.75, 3.05) is 7.11 Å². The Morgan fingerprint density at radius 3 is 2.21 bits per heavy atom. The first-order valence-electron chi connectivity index (χ1n) is 8.87. The molecule has 0 aliphatic heterocycles. The molecule has 0 heterocycles. The Morgan fingerprint density at radius 1 is 0.931 bits per heavy atom. The molecule has 3 aromatic rings. The summed E-state index contributed by atoms with van der Waals surface area (Å²) >= 11 is 3.44. The molecule has 0 amide bonds. The van der Waals surface area contributed by atoms with Crippen LogP contribution in [0.15, 0.2) is 70.0 Å². The van der Waals surface area contributed by atoms with Gasteiger partial charge in [-0.05, 0) is 47.5 Å². The fraction of sp³-hybridized carbons (Fsp3) is 0.182. The van der Waals surface area contributed by atoms with Crippen LogP contribution in [0.4, 0.5) is 0 Å². The summed E-state index contributed by atoms with van der Waals surface area (Å²) in [4.78, 5) is 0.0852. The smallest absolute Gasteiger partial charge is 0.339 e.